The lowest BCUT2D eigenvalue weighted by molar-refractivity contribution is -0.111. The Labute approximate surface area is 114 Å². The number of hydrogen-bond donors (Lipinski definition) is 0. The summed E-state index contributed by atoms with van der Waals surface area (Å²) in [5, 5.41) is 0. The summed E-state index contributed by atoms with van der Waals surface area (Å²) in [6.07, 6.45) is 8.87. The normalized spacial score (nSPS) is 18.3. The number of allylic oxidation sites excluding steroid dienone is 3. The fourth-order valence-electron chi connectivity index (χ4n) is 2.34. The number of fused-ring (bicyclic) bond motifs is 1. The second kappa shape index (κ2) is 6.19. The van der Waals surface area contributed by atoms with E-state index < -0.39 is 0 Å². The van der Waals surface area contributed by atoms with Gasteiger partial charge in [0.05, 0.1) is 0 Å². The van der Waals surface area contributed by atoms with Crippen LogP contribution in [0.3, 0.4) is 0 Å². The van der Waals surface area contributed by atoms with Gasteiger partial charge in [-0.3, -0.25) is 0 Å². The Morgan fingerprint density at radius 2 is 2.16 bits per heavy atom. The SMILES string of the molecule is C=C/C=C(\C=C)Oc1ccc2c(c1)CCC(C=O)C2. The standard InChI is InChI=1S/C17H18O2/c1-3-5-16(4-2)19-17-9-8-14-10-13(12-18)6-7-15(14)11-17/h3-5,8-9,11-13H,1-2,6-7,10H2/b16-5+. The summed E-state index contributed by atoms with van der Waals surface area (Å²) in [5.41, 5.74) is 2.53. The molecule has 0 spiro atoms. The van der Waals surface area contributed by atoms with Crippen molar-refractivity contribution in [1.29, 1.82) is 0 Å². The zero-order valence-electron chi connectivity index (χ0n) is 11.0. The molecule has 2 rings (SSSR count). The molecule has 0 bridgehead atoms. The summed E-state index contributed by atoms with van der Waals surface area (Å²) in [6.45, 7) is 7.35. The van der Waals surface area contributed by atoms with Gasteiger partial charge in [-0.05, 0) is 54.7 Å². The van der Waals surface area contributed by atoms with Gasteiger partial charge >= 0.3 is 0 Å². The minimum atomic E-state index is 0.170. The van der Waals surface area contributed by atoms with E-state index in [1.807, 2.05) is 6.07 Å². The lowest BCUT2D eigenvalue weighted by Crippen LogP contribution is -2.15. The number of hydrogen-bond acceptors (Lipinski definition) is 2. The quantitative estimate of drug-likeness (QED) is 0.455. The van der Waals surface area contributed by atoms with E-state index in [0.717, 1.165) is 31.3 Å². The Kier molecular flexibility index (Phi) is 4.35. The topological polar surface area (TPSA) is 26.3 Å². The van der Waals surface area contributed by atoms with E-state index in [1.54, 1.807) is 18.2 Å². The van der Waals surface area contributed by atoms with Crippen molar-refractivity contribution in [3.05, 3.63) is 66.5 Å². The van der Waals surface area contributed by atoms with Crippen LogP contribution in [0.25, 0.3) is 0 Å². The molecule has 0 amide bonds. The smallest absolute Gasteiger partial charge is 0.127 e. The predicted molar refractivity (Wildman–Crippen MR) is 77.1 cm³/mol. The highest BCUT2D eigenvalue weighted by molar-refractivity contribution is 5.56. The third kappa shape index (κ3) is 3.22. The van der Waals surface area contributed by atoms with Crippen molar-refractivity contribution in [2.45, 2.75) is 19.3 Å². The maximum absolute atomic E-state index is 10.8. The second-order valence-electron chi connectivity index (χ2n) is 4.68. The van der Waals surface area contributed by atoms with Crippen LogP contribution in [0.2, 0.25) is 0 Å². The summed E-state index contributed by atoms with van der Waals surface area (Å²) in [5.74, 6) is 1.65. The van der Waals surface area contributed by atoms with E-state index in [4.69, 9.17) is 4.74 Å². The van der Waals surface area contributed by atoms with Crippen molar-refractivity contribution < 1.29 is 9.53 Å². The molecule has 1 aliphatic carbocycles. The molecule has 0 fully saturated rings. The van der Waals surface area contributed by atoms with Crippen LogP contribution in [0.15, 0.2) is 55.3 Å². The Morgan fingerprint density at radius 1 is 1.32 bits per heavy atom. The van der Waals surface area contributed by atoms with Gasteiger partial charge in [0, 0.05) is 5.92 Å². The van der Waals surface area contributed by atoms with Gasteiger partial charge in [-0.1, -0.05) is 25.3 Å². The molecule has 1 aliphatic rings. The van der Waals surface area contributed by atoms with Gasteiger partial charge in [0.25, 0.3) is 0 Å². The van der Waals surface area contributed by atoms with Crippen LogP contribution in [0.5, 0.6) is 5.75 Å². The van der Waals surface area contributed by atoms with Crippen molar-refractivity contribution in [1.82, 2.24) is 0 Å². The average molecular weight is 254 g/mol. The molecular formula is C17H18O2. The van der Waals surface area contributed by atoms with Gasteiger partial charge < -0.3 is 9.53 Å². The lowest BCUT2D eigenvalue weighted by Gasteiger charge is -2.21. The Hall–Kier alpha value is -2.09. The highest BCUT2D eigenvalue weighted by Crippen LogP contribution is 2.28. The molecular weight excluding hydrogens is 236 g/mol. The predicted octanol–water partition coefficient (Wildman–Crippen LogP) is 3.63. The zero-order valence-corrected chi connectivity index (χ0v) is 11.0. The molecule has 0 radical (unpaired) electrons. The van der Waals surface area contributed by atoms with E-state index >= 15 is 0 Å². The van der Waals surface area contributed by atoms with E-state index in [0.29, 0.717) is 5.76 Å². The first-order chi connectivity index (χ1) is 9.26. The van der Waals surface area contributed by atoms with Crippen molar-refractivity contribution in [2.24, 2.45) is 5.92 Å². The van der Waals surface area contributed by atoms with Crippen LogP contribution in [-0.4, -0.2) is 6.29 Å². The molecule has 0 aliphatic heterocycles. The van der Waals surface area contributed by atoms with Crippen molar-refractivity contribution >= 4 is 6.29 Å². The maximum Gasteiger partial charge on any atom is 0.127 e. The van der Waals surface area contributed by atoms with Crippen molar-refractivity contribution in [2.75, 3.05) is 0 Å². The molecule has 1 atom stereocenters. The van der Waals surface area contributed by atoms with Crippen LogP contribution in [0, 0.1) is 5.92 Å². The summed E-state index contributed by atoms with van der Waals surface area (Å²) in [6, 6.07) is 6.04. The number of aryl methyl sites for hydroxylation is 1. The van der Waals surface area contributed by atoms with Gasteiger partial charge in [0.2, 0.25) is 0 Å². The summed E-state index contributed by atoms with van der Waals surface area (Å²) < 4.78 is 5.73. The minimum absolute atomic E-state index is 0.170. The van der Waals surface area contributed by atoms with E-state index in [1.165, 1.54) is 11.1 Å². The average Bonchev–Trinajstić information content (AvgIpc) is 2.46. The Morgan fingerprint density at radius 3 is 2.84 bits per heavy atom. The molecule has 0 N–H and O–H groups in total. The van der Waals surface area contributed by atoms with Crippen LogP contribution < -0.4 is 4.74 Å². The van der Waals surface area contributed by atoms with Crippen LogP contribution in [0.1, 0.15) is 17.5 Å². The zero-order chi connectivity index (χ0) is 13.7. The third-order valence-corrected chi connectivity index (χ3v) is 3.36. The highest BCUT2D eigenvalue weighted by atomic mass is 16.5. The number of ether oxygens (including phenoxy) is 1. The molecule has 0 saturated heterocycles. The van der Waals surface area contributed by atoms with Gasteiger partial charge in [0.1, 0.15) is 17.8 Å². The van der Waals surface area contributed by atoms with Crippen molar-refractivity contribution in [3.8, 4) is 5.75 Å². The van der Waals surface area contributed by atoms with E-state index in [-0.39, 0.29) is 5.92 Å². The minimum Gasteiger partial charge on any atom is -0.457 e. The Bertz CT molecular complexity index is 526. The lowest BCUT2D eigenvalue weighted by atomic mass is 9.85. The summed E-state index contributed by atoms with van der Waals surface area (Å²) in [4.78, 5) is 10.8. The number of benzene rings is 1. The van der Waals surface area contributed by atoms with Crippen LogP contribution in [0.4, 0.5) is 0 Å². The number of carbonyl (C=O) groups excluding carboxylic acids is 1. The second-order valence-corrected chi connectivity index (χ2v) is 4.68. The molecule has 2 heteroatoms. The van der Waals surface area contributed by atoms with Crippen LogP contribution >= 0.6 is 0 Å². The molecule has 0 saturated carbocycles. The first-order valence-electron chi connectivity index (χ1n) is 6.47. The first kappa shape index (κ1) is 13.3. The monoisotopic (exact) mass is 254 g/mol. The van der Waals surface area contributed by atoms with Crippen molar-refractivity contribution in [3.63, 3.8) is 0 Å². The maximum atomic E-state index is 10.8. The molecule has 0 heterocycles. The number of rotatable bonds is 5. The number of aldehydes is 1. The van der Waals surface area contributed by atoms with Gasteiger partial charge in [-0.15, -0.1) is 0 Å². The molecule has 1 unspecified atom stereocenters. The van der Waals surface area contributed by atoms with E-state index in [9.17, 15) is 4.79 Å². The van der Waals surface area contributed by atoms with Gasteiger partial charge in [0.15, 0.2) is 0 Å². The summed E-state index contributed by atoms with van der Waals surface area (Å²) in [7, 11) is 0. The Balaban J connectivity index is 2.18. The molecule has 19 heavy (non-hydrogen) atoms. The fourth-order valence-corrected chi connectivity index (χ4v) is 2.34. The molecule has 1 aromatic rings. The van der Waals surface area contributed by atoms with Gasteiger partial charge in [-0.2, -0.15) is 0 Å². The highest BCUT2D eigenvalue weighted by Gasteiger charge is 2.18. The third-order valence-electron chi connectivity index (χ3n) is 3.36. The molecule has 98 valence electrons. The fraction of sp³-hybridized carbons (Fsp3) is 0.235. The molecule has 0 aromatic heterocycles. The molecule has 1 aromatic carbocycles. The van der Waals surface area contributed by atoms with Crippen LogP contribution in [-0.2, 0) is 17.6 Å². The first-order valence-corrected chi connectivity index (χ1v) is 6.47. The van der Waals surface area contributed by atoms with E-state index in [2.05, 4.69) is 25.3 Å². The number of carbonyl (C=O) groups is 1. The largest absolute Gasteiger partial charge is 0.457 e. The van der Waals surface area contributed by atoms with Gasteiger partial charge in [-0.25, -0.2) is 0 Å². The molecule has 2 nitrogen and oxygen atoms in total. The summed E-state index contributed by atoms with van der Waals surface area (Å²) >= 11 is 0.